The second kappa shape index (κ2) is 6.89. The predicted octanol–water partition coefficient (Wildman–Crippen LogP) is 1.67. The van der Waals surface area contributed by atoms with Crippen LogP contribution in [0.1, 0.15) is 6.42 Å². The van der Waals surface area contributed by atoms with Crippen molar-refractivity contribution in [3.8, 4) is 0 Å². The van der Waals surface area contributed by atoms with Crippen LogP contribution in [0.4, 0.5) is 11.4 Å². The average Bonchev–Trinajstić information content (AvgIpc) is 2.95. The molecule has 1 aliphatic rings. The molecule has 0 unspecified atom stereocenters. The minimum absolute atomic E-state index is 0.0482. The Hall–Kier alpha value is -1.93. The fraction of sp³-hybridized carbons (Fsp3) is 0.429. The third kappa shape index (κ3) is 4.28. The highest BCUT2D eigenvalue weighted by molar-refractivity contribution is 7.90. The Morgan fingerprint density at radius 1 is 1.32 bits per heavy atom. The molecule has 0 radical (unpaired) electrons. The molecule has 22 heavy (non-hydrogen) atoms. The van der Waals surface area contributed by atoms with Gasteiger partial charge in [-0.1, -0.05) is 12.2 Å². The first-order valence-electron chi connectivity index (χ1n) is 6.97. The van der Waals surface area contributed by atoms with E-state index in [-0.39, 0.29) is 10.6 Å². The standard InChI is InChI=1S/C14H19N3O4S/c1-22(20,21)12-5-6-13(14(11-12)17(18)19)15-7-4-10-16-8-2-3-9-16/h2-3,5-6,11,15H,4,7-10H2,1H3. The molecule has 0 atom stereocenters. The van der Waals surface area contributed by atoms with Crippen molar-refractivity contribution in [2.24, 2.45) is 0 Å². The van der Waals surface area contributed by atoms with Gasteiger partial charge in [-0.25, -0.2) is 8.42 Å². The fourth-order valence-electron chi connectivity index (χ4n) is 2.27. The van der Waals surface area contributed by atoms with Gasteiger partial charge < -0.3 is 5.32 Å². The van der Waals surface area contributed by atoms with E-state index in [1.54, 1.807) is 0 Å². The van der Waals surface area contributed by atoms with Crippen molar-refractivity contribution in [1.29, 1.82) is 0 Å². The highest BCUT2D eigenvalue weighted by atomic mass is 32.2. The fourth-order valence-corrected chi connectivity index (χ4v) is 2.91. The van der Waals surface area contributed by atoms with Crippen molar-refractivity contribution >= 4 is 21.2 Å². The summed E-state index contributed by atoms with van der Waals surface area (Å²) in [5, 5.41) is 14.1. The SMILES string of the molecule is CS(=O)(=O)c1ccc(NCCCN2CC=CC2)c([N+](=O)[O-])c1. The summed E-state index contributed by atoms with van der Waals surface area (Å²) in [6.45, 7) is 3.40. The molecule has 120 valence electrons. The van der Waals surface area contributed by atoms with Crippen molar-refractivity contribution in [3.63, 3.8) is 0 Å². The first kappa shape index (κ1) is 16.4. The topological polar surface area (TPSA) is 92.6 Å². The monoisotopic (exact) mass is 325 g/mol. The molecule has 0 spiro atoms. The molecule has 1 aromatic carbocycles. The molecule has 0 fully saturated rings. The number of nitro benzene ring substituents is 1. The van der Waals surface area contributed by atoms with Crippen molar-refractivity contribution in [2.75, 3.05) is 37.8 Å². The zero-order valence-corrected chi connectivity index (χ0v) is 13.2. The lowest BCUT2D eigenvalue weighted by atomic mass is 10.2. The van der Waals surface area contributed by atoms with Gasteiger partial charge in [0.2, 0.25) is 0 Å². The van der Waals surface area contributed by atoms with E-state index >= 15 is 0 Å². The van der Waals surface area contributed by atoms with Gasteiger partial charge in [0.15, 0.2) is 9.84 Å². The summed E-state index contributed by atoms with van der Waals surface area (Å²) in [4.78, 5) is 12.7. The zero-order chi connectivity index (χ0) is 16.2. The summed E-state index contributed by atoms with van der Waals surface area (Å²) in [6.07, 6.45) is 6.11. The number of rotatable bonds is 7. The molecule has 8 heteroatoms. The van der Waals surface area contributed by atoms with E-state index in [0.29, 0.717) is 12.2 Å². The van der Waals surface area contributed by atoms with Crippen LogP contribution in [-0.2, 0) is 9.84 Å². The number of nitro groups is 1. The molecule has 1 N–H and O–H groups in total. The molecule has 0 saturated heterocycles. The van der Waals surface area contributed by atoms with Gasteiger partial charge >= 0.3 is 0 Å². The quantitative estimate of drug-likeness (QED) is 0.355. The molecule has 1 heterocycles. The number of anilines is 1. The lowest BCUT2D eigenvalue weighted by Crippen LogP contribution is -2.23. The van der Waals surface area contributed by atoms with E-state index in [2.05, 4.69) is 22.4 Å². The van der Waals surface area contributed by atoms with Crippen LogP contribution in [0.3, 0.4) is 0 Å². The van der Waals surface area contributed by atoms with Gasteiger partial charge in [0.05, 0.1) is 9.82 Å². The van der Waals surface area contributed by atoms with Gasteiger partial charge in [0, 0.05) is 38.5 Å². The second-order valence-corrected chi connectivity index (χ2v) is 7.24. The zero-order valence-electron chi connectivity index (χ0n) is 12.4. The number of benzene rings is 1. The largest absolute Gasteiger partial charge is 0.379 e. The summed E-state index contributed by atoms with van der Waals surface area (Å²) in [5.74, 6) is 0. The van der Waals surface area contributed by atoms with Gasteiger partial charge in [-0.2, -0.15) is 0 Å². The third-order valence-electron chi connectivity index (χ3n) is 3.45. The molecule has 0 bridgehead atoms. The molecule has 0 aromatic heterocycles. The minimum atomic E-state index is -3.46. The van der Waals surface area contributed by atoms with Crippen molar-refractivity contribution < 1.29 is 13.3 Å². The van der Waals surface area contributed by atoms with E-state index in [4.69, 9.17) is 0 Å². The van der Waals surface area contributed by atoms with Gasteiger partial charge in [-0.05, 0) is 18.6 Å². The van der Waals surface area contributed by atoms with Crippen LogP contribution in [0.5, 0.6) is 0 Å². The Labute approximate surface area is 129 Å². The Balaban J connectivity index is 1.99. The highest BCUT2D eigenvalue weighted by Crippen LogP contribution is 2.27. The highest BCUT2D eigenvalue weighted by Gasteiger charge is 2.18. The van der Waals surface area contributed by atoms with Crippen LogP contribution in [-0.4, -0.2) is 50.7 Å². The average molecular weight is 325 g/mol. The van der Waals surface area contributed by atoms with Crippen LogP contribution < -0.4 is 5.32 Å². The van der Waals surface area contributed by atoms with Crippen LogP contribution in [0, 0.1) is 10.1 Å². The Bertz CT molecular complexity index is 677. The summed E-state index contributed by atoms with van der Waals surface area (Å²) in [5.41, 5.74) is 0.128. The lowest BCUT2D eigenvalue weighted by Gasteiger charge is -2.15. The Kier molecular flexibility index (Phi) is 5.15. The summed E-state index contributed by atoms with van der Waals surface area (Å²) < 4.78 is 22.9. The van der Waals surface area contributed by atoms with E-state index in [0.717, 1.165) is 38.4 Å². The van der Waals surface area contributed by atoms with Gasteiger partial charge in [-0.3, -0.25) is 15.0 Å². The van der Waals surface area contributed by atoms with E-state index in [1.807, 2.05) is 0 Å². The molecular formula is C14H19N3O4S. The maximum Gasteiger partial charge on any atom is 0.293 e. The van der Waals surface area contributed by atoms with Crippen molar-refractivity contribution in [3.05, 3.63) is 40.5 Å². The Morgan fingerprint density at radius 2 is 2.00 bits per heavy atom. The van der Waals surface area contributed by atoms with Crippen LogP contribution in [0.2, 0.25) is 0 Å². The van der Waals surface area contributed by atoms with Gasteiger partial charge in [0.25, 0.3) is 5.69 Å². The van der Waals surface area contributed by atoms with E-state index in [1.165, 1.54) is 12.1 Å². The summed E-state index contributed by atoms with van der Waals surface area (Å²) in [6, 6.07) is 3.93. The molecule has 7 nitrogen and oxygen atoms in total. The lowest BCUT2D eigenvalue weighted by molar-refractivity contribution is -0.384. The summed E-state index contributed by atoms with van der Waals surface area (Å²) >= 11 is 0. The molecule has 0 saturated carbocycles. The number of nitrogens with zero attached hydrogens (tertiary/aromatic N) is 2. The molecule has 0 aliphatic carbocycles. The number of sulfone groups is 1. The Morgan fingerprint density at radius 3 is 2.59 bits per heavy atom. The first-order valence-corrected chi connectivity index (χ1v) is 8.87. The van der Waals surface area contributed by atoms with Gasteiger partial charge in [0.1, 0.15) is 5.69 Å². The maximum absolute atomic E-state index is 11.5. The van der Waals surface area contributed by atoms with E-state index < -0.39 is 14.8 Å². The molecular weight excluding hydrogens is 306 g/mol. The molecule has 1 aliphatic heterocycles. The minimum Gasteiger partial charge on any atom is -0.379 e. The molecule has 2 rings (SSSR count). The predicted molar refractivity (Wildman–Crippen MR) is 84.9 cm³/mol. The van der Waals surface area contributed by atoms with Gasteiger partial charge in [-0.15, -0.1) is 0 Å². The van der Waals surface area contributed by atoms with Crippen molar-refractivity contribution in [1.82, 2.24) is 4.90 Å². The summed E-state index contributed by atoms with van der Waals surface area (Å²) in [7, 11) is -3.46. The molecule has 0 amide bonds. The smallest absolute Gasteiger partial charge is 0.293 e. The number of hydrogen-bond donors (Lipinski definition) is 1. The number of nitrogens with one attached hydrogen (secondary N) is 1. The van der Waals surface area contributed by atoms with Crippen LogP contribution in [0.25, 0.3) is 0 Å². The second-order valence-electron chi connectivity index (χ2n) is 5.22. The third-order valence-corrected chi connectivity index (χ3v) is 4.56. The first-order chi connectivity index (χ1) is 10.4. The maximum atomic E-state index is 11.5. The van der Waals surface area contributed by atoms with E-state index in [9.17, 15) is 18.5 Å². The van der Waals surface area contributed by atoms with Crippen LogP contribution in [0.15, 0.2) is 35.2 Å². The normalized spacial score (nSPS) is 15.1. The number of hydrogen-bond acceptors (Lipinski definition) is 6. The van der Waals surface area contributed by atoms with Crippen LogP contribution >= 0.6 is 0 Å². The van der Waals surface area contributed by atoms with Crippen molar-refractivity contribution in [2.45, 2.75) is 11.3 Å². The molecule has 1 aromatic rings.